The topological polar surface area (TPSA) is 34.1 Å². The maximum absolute atomic E-state index is 5.63. The van der Waals surface area contributed by atoms with E-state index in [4.69, 9.17) is 4.74 Å². The zero-order valence-corrected chi connectivity index (χ0v) is 12.3. The Balaban J connectivity index is 1.82. The summed E-state index contributed by atoms with van der Waals surface area (Å²) < 4.78 is 5.63. The van der Waals surface area contributed by atoms with Crippen LogP contribution >= 0.6 is 11.3 Å². The van der Waals surface area contributed by atoms with Crippen molar-refractivity contribution in [3.05, 3.63) is 45.9 Å². The Bertz CT molecular complexity index is 510. The minimum absolute atomic E-state index is 0.773. The second kappa shape index (κ2) is 7.26. The molecule has 1 aromatic carbocycles. The lowest BCUT2D eigenvalue weighted by molar-refractivity contribution is 0.317. The van der Waals surface area contributed by atoms with Crippen LogP contribution in [0.4, 0.5) is 0 Å². The zero-order valence-electron chi connectivity index (χ0n) is 11.5. The second-order valence-corrected chi connectivity index (χ2v) is 5.52. The van der Waals surface area contributed by atoms with Crippen LogP contribution in [0.15, 0.2) is 29.6 Å². The first kappa shape index (κ1) is 14.0. The first-order valence-corrected chi connectivity index (χ1v) is 7.49. The van der Waals surface area contributed by atoms with Crippen LogP contribution in [0.5, 0.6) is 5.75 Å². The zero-order chi connectivity index (χ0) is 13.5. The summed E-state index contributed by atoms with van der Waals surface area (Å²) >= 11 is 1.69. The molecule has 3 nitrogen and oxygen atoms in total. The molecular formula is C15H20N2OS. The van der Waals surface area contributed by atoms with Crippen LogP contribution in [0.3, 0.4) is 0 Å². The van der Waals surface area contributed by atoms with Gasteiger partial charge in [-0.1, -0.05) is 19.1 Å². The highest BCUT2D eigenvalue weighted by atomic mass is 32.1. The van der Waals surface area contributed by atoms with Crippen LogP contribution in [0, 0.1) is 6.92 Å². The normalized spacial score (nSPS) is 10.6. The van der Waals surface area contributed by atoms with Crippen LogP contribution < -0.4 is 10.1 Å². The highest BCUT2D eigenvalue weighted by Gasteiger charge is 1.99. The average molecular weight is 276 g/mol. The molecule has 0 aliphatic rings. The number of ether oxygens (including phenoxy) is 1. The number of nitrogens with one attached hydrogen (secondary N) is 1. The Labute approximate surface area is 118 Å². The van der Waals surface area contributed by atoms with E-state index in [2.05, 4.69) is 34.7 Å². The molecule has 0 aliphatic heterocycles. The number of hydrogen-bond acceptors (Lipinski definition) is 4. The minimum Gasteiger partial charge on any atom is -0.494 e. The van der Waals surface area contributed by atoms with Gasteiger partial charge in [-0.3, -0.25) is 0 Å². The van der Waals surface area contributed by atoms with Crippen LogP contribution in [0.1, 0.15) is 29.6 Å². The van der Waals surface area contributed by atoms with E-state index >= 15 is 0 Å². The van der Waals surface area contributed by atoms with E-state index in [1.807, 2.05) is 19.1 Å². The highest BCUT2D eigenvalue weighted by molar-refractivity contribution is 7.09. The van der Waals surface area contributed by atoms with Gasteiger partial charge in [-0.2, -0.15) is 0 Å². The van der Waals surface area contributed by atoms with Gasteiger partial charge in [0.05, 0.1) is 17.3 Å². The summed E-state index contributed by atoms with van der Waals surface area (Å²) in [4.78, 5) is 4.43. The second-order valence-electron chi connectivity index (χ2n) is 4.46. The predicted molar refractivity (Wildman–Crippen MR) is 79.6 cm³/mol. The van der Waals surface area contributed by atoms with E-state index in [9.17, 15) is 0 Å². The van der Waals surface area contributed by atoms with Crippen molar-refractivity contribution in [1.82, 2.24) is 10.3 Å². The first-order valence-electron chi connectivity index (χ1n) is 6.61. The lowest BCUT2D eigenvalue weighted by Crippen LogP contribution is -2.13. The molecule has 2 rings (SSSR count). The van der Waals surface area contributed by atoms with E-state index in [0.29, 0.717) is 0 Å². The van der Waals surface area contributed by atoms with Crippen LogP contribution in [0.25, 0.3) is 0 Å². The molecular weight excluding hydrogens is 256 g/mol. The summed E-state index contributed by atoms with van der Waals surface area (Å²) in [7, 11) is 0. The van der Waals surface area contributed by atoms with Crippen LogP contribution in [0.2, 0.25) is 0 Å². The summed E-state index contributed by atoms with van der Waals surface area (Å²) in [6.07, 6.45) is 1.03. The molecule has 0 spiro atoms. The fraction of sp³-hybridized carbons (Fsp3) is 0.400. The first-order chi connectivity index (χ1) is 9.28. The molecule has 4 heteroatoms. The van der Waals surface area contributed by atoms with E-state index in [1.54, 1.807) is 11.3 Å². The van der Waals surface area contributed by atoms with Gasteiger partial charge in [0.25, 0.3) is 0 Å². The average Bonchev–Trinajstić information content (AvgIpc) is 2.83. The van der Waals surface area contributed by atoms with Crippen molar-refractivity contribution in [2.45, 2.75) is 33.4 Å². The Morgan fingerprint density at radius 3 is 2.95 bits per heavy atom. The smallest absolute Gasteiger partial charge is 0.119 e. The largest absolute Gasteiger partial charge is 0.494 e. The molecule has 0 atom stereocenters. The summed E-state index contributed by atoms with van der Waals surface area (Å²) in [5.41, 5.74) is 2.35. The van der Waals surface area contributed by atoms with E-state index < -0.39 is 0 Å². The summed E-state index contributed by atoms with van der Waals surface area (Å²) in [6, 6.07) is 8.24. The maximum Gasteiger partial charge on any atom is 0.119 e. The number of rotatable bonds is 7. The van der Waals surface area contributed by atoms with Gasteiger partial charge in [0.2, 0.25) is 0 Å². The molecule has 19 heavy (non-hydrogen) atoms. The molecule has 1 aromatic heterocycles. The number of nitrogens with zero attached hydrogens (tertiary/aromatic N) is 1. The quantitative estimate of drug-likeness (QED) is 0.840. The molecule has 0 fully saturated rings. The number of aryl methyl sites for hydroxylation is 1. The van der Waals surface area contributed by atoms with E-state index in [1.165, 1.54) is 5.56 Å². The summed E-state index contributed by atoms with van der Waals surface area (Å²) in [5, 5.41) is 6.62. The van der Waals surface area contributed by atoms with Crippen molar-refractivity contribution in [1.29, 1.82) is 0 Å². The van der Waals surface area contributed by atoms with Crippen molar-refractivity contribution < 1.29 is 4.74 Å². The van der Waals surface area contributed by atoms with Crippen molar-refractivity contribution >= 4 is 11.3 Å². The standard InChI is InChI=1S/C15H20N2OS/c1-3-7-18-15-6-4-5-13(8-15)9-16-10-14-11-19-12(2)17-14/h4-6,8,11,16H,3,7,9-10H2,1-2H3. The van der Waals surface area contributed by atoms with Crippen molar-refractivity contribution in [3.63, 3.8) is 0 Å². The third-order valence-electron chi connectivity index (χ3n) is 2.67. The third kappa shape index (κ3) is 4.65. The molecule has 1 N–H and O–H groups in total. The molecule has 102 valence electrons. The molecule has 0 saturated carbocycles. The molecule has 1 heterocycles. The van der Waals surface area contributed by atoms with Gasteiger partial charge in [-0.05, 0) is 31.0 Å². The van der Waals surface area contributed by atoms with Crippen molar-refractivity contribution in [2.75, 3.05) is 6.61 Å². The Hall–Kier alpha value is -1.39. The monoisotopic (exact) mass is 276 g/mol. The van der Waals surface area contributed by atoms with Gasteiger partial charge in [0, 0.05) is 18.5 Å². The van der Waals surface area contributed by atoms with Crippen molar-refractivity contribution in [2.24, 2.45) is 0 Å². The molecule has 0 unspecified atom stereocenters. The minimum atomic E-state index is 0.773. The van der Waals surface area contributed by atoms with Crippen LogP contribution in [-0.2, 0) is 13.1 Å². The molecule has 0 amide bonds. The third-order valence-corrected chi connectivity index (χ3v) is 3.50. The van der Waals surface area contributed by atoms with Gasteiger partial charge in [0.1, 0.15) is 5.75 Å². The van der Waals surface area contributed by atoms with Crippen molar-refractivity contribution in [3.8, 4) is 5.75 Å². The SMILES string of the molecule is CCCOc1cccc(CNCc2csc(C)n2)c1. The highest BCUT2D eigenvalue weighted by Crippen LogP contribution is 2.14. The summed E-state index contributed by atoms with van der Waals surface area (Å²) in [6.45, 7) is 6.56. The van der Waals surface area contributed by atoms with Gasteiger partial charge < -0.3 is 10.1 Å². The fourth-order valence-electron chi connectivity index (χ4n) is 1.79. The number of thiazole rings is 1. The molecule has 0 saturated heterocycles. The Morgan fingerprint density at radius 1 is 1.32 bits per heavy atom. The van der Waals surface area contributed by atoms with E-state index in [-0.39, 0.29) is 0 Å². The van der Waals surface area contributed by atoms with E-state index in [0.717, 1.165) is 42.6 Å². The van der Waals surface area contributed by atoms with Gasteiger partial charge >= 0.3 is 0 Å². The molecule has 0 radical (unpaired) electrons. The number of aromatic nitrogens is 1. The number of hydrogen-bond donors (Lipinski definition) is 1. The fourth-order valence-corrected chi connectivity index (χ4v) is 2.40. The molecule has 0 aliphatic carbocycles. The predicted octanol–water partition coefficient (Wildman–Crippen LogP) is 3.53. The lowest BCUT2D eigenvalue weighted by Gasteiger charge is -2.07. The Kier molecular flexibility index (Phi) is 5.36. The molecule has 0 bridgehead atoms. The Morgan fingerprint density at radius 2 is 2.21 bits per heavy atom. The molecule has 2 aromatic rings. The maximum atomic E-state index is 5.63. The summed E-state index contributed by atoms with van der Waals surface area (Å²) in [5.74, 6) is 0.950. The van der Waals surface area contributed by atoms with Gasteiger partial charge in [-0.25, -0.2) is 4.98 Å². The van der Waals surface area contributed by atoms with Crippen LogP contribution in [-0.4, -0.2) is 11.6 Å². The van der Waals surface area contributed by atoms with Gasteiger partial charge in [-0.15, -0.1) is 11.3 Å². The van der Waals surface area contributed by atoms with Gasteiger partial charge in [0.15, 0.2) is 0 Å². The lowest BCUT2D eigenvalue weighted by atomic mass is 10.2. The number of benzene rings is 1.